The van der Waals surface area contributed by atoms with Crippen molar-refractivity contribution in [3.63, 3.8) is 0 Å². The van der Waals surface area contributed by atoms with Gasteiger partial charge in [-0.3, -0.25) is 0 Å². The van der Waals surface area contributed by atoms with E-state index in [1.807, 2.05) is 24.3 Å². The Balaban J connectivity index is 2.15. The van der Waals surface area contributed by atoms with Gasteiger partial charge in [-0.25, -0.2) is 0 Å². The monoisotopic (exact) mass is 413 g/mol. The number of ether oxygens (including phenoxy) is 2. The normalized spacial score (nSPS) is 15.7. The summed E-state index contributed by atoms with van der Waals surface area (Å²) in [6.45, 7) is 6.83. The average Bonchev–Trinajstić information content (AvgIpc) is 2.51. The van der Waals surface area contributed by atoms with E-state index in [4.69, 9.17) is 9.47 Å². The molecule has 120 valence electrons. The van der Waals surface area contributed by atoms with Crippen molar-refractivity contribution in [2.45, 2.75) is 36.5 Å². The minimum absolute atomic E-state index is 0.157. The molecular weight excluding hydrogens is 389 g/mol. The Hall–Kier alpha value is -0.850. The number of alkyl halides is 1. The van der Waals surface area contributed by atoms with Crippen molar-refractivity contribution >= 4 is 33.4 Å². The number of nitrogens with one attached hydrogen (secondary N) is 1. The molecule has 0 amide bonds. The first kappa shape index (κ1) is 17.5. The van der Waals surface area contributed by atoms with Crippen LogP contribution in [0.5, 0.6) is 5.75 Å². The second kappa shape index (κ2) is 7.62. The fourth-order valence-electron chi connectivity index (χ4n) is 2.25. The molecule has 3 nitrogen and oxygen atoms in total. The fraction of sp³-hybridized carbons (Fsp3) is 0.444. The summed E-state index contributed by atoms with van der Waals surface area (Å²) in [5.41, 5.74) is -0.401. The van der Waals surface area contributed by atoms with Crippen molar-refractivity contribution in [3.05, 3.63) is 42.5 Å². The molecule has 0 aromatic heterocycles. The molecule has 2 rings (SSSR count). The Morgan fingerprint density at radius 3 is 2.50 bits per heavy atom. The molecule has 2 aromatic rings. The first-order valence-corrected chi connectivity index (χ1v) is 8.76. The minimum atomic E-state index is -0.401. The first-order chi connectivity index (χ1) is 10.5. The van der Waals surface area contributed by atoms with E-state index in [-0.39, 0.29) is 4.05 Å². The van der Waals surface area contributed by atoms with Crippen molar-refractivity contribution < 1.29 is 9.47 Å². The molecule has 2 atom stereocenters. The Morgan fingerprint density at radius 1 is 1.14 bits per heavy atom. The highest BCUT2D eigenvalue weighted by Gasteiger charge is 2.34. The lowest BCUT2D eigenvalue weighted by molar-refractivity contribution is -0.0338. The van der Waals surface area contributed by atoms with Crippen LogP contribution in [-0.2, 0) is 4.74 Å². The Kier molecular flexibility index (Phi) is 6.06. The summed E-state index contributed by atoms with van der Waals surface area (Å²) < 4.78 is 12.0. The van der Waals surface area contributed by atoms with Crippen LogP contribution in [0.3, 0.4) is 0 Å². The molecule has 22 heavy (non-hydrogen) atoms. The molecule has 0 saturated carbocycles. The van der Waals surface area contributed by atoms with Crippen LogP contribution in [0.15, 0.2) is 42.5 Å². The molecule has 2 aromatic carbocycles. The van der Waals surface area contributed by atoms with Gasteiger partial charge in [0.15, 0.2) is 0 Å². The van der Waals surface area contributed by atoms with Gasteiger partial charge in [-0.05, 0) is 32.2 Å². The molecular formula is C18H24INO2. The summed E-state index contributed by atoms with van der Waals surface area (Å²) >= 11 is 2.38. The molecule has 0 aliphatic carbocycles. The van der Waals surface area contributed by atoms with E-state index >= 15 is 0 Å². The molecule has 0 heterocycles. The van der Waals surface area contributed by atoms with E-state index in [1.165, 1.54) is 5.39 Å². The summed E-state index contributed by atoms with van der Waals surface area (Å²) in [5.74, 6) is 0.898. The largest absolute Gasteiger partial charge is 0.490 e. The van der Waals surface area contributed by atoms with Gasteiger partial charge in [0.25, 0.3) is 0 Å². The van der Waals surface area contributed by atoms with Crippen molar-refractivity contribution in [2.75, 3.05) is 13.7 Å². The van der Waals surface area contributed by atoms with E-state index in [0.29, 0.717) is 12.6 Å². The highest BCUT2D eigenvalue weighted by Crippen LogP contribution is 2.28. The molecule has 0 aliphatic rings. The Bertz CT molecular complexity index is 612. The van der Waals surface area contributed by atoms with Crippen molar-refractivity contribution in [2.24, 2.45) is 0 Å². The molecule has 0 saturated heterocycles. The fourth-order valence-corrected chi connectivity index (χ4v) is 3.40. The number of fused-ring (bicyclic) bond motifs is 1. The van der Waals surface area contributed by atoms with Gasteiger partial charge in [0.2, 0.25) is 0 Å². The maximum Gasteiger partial charge on any atom is 0.127 e. The number of rotatable bonds is 7. The van der Waals surface area contributed by atoms with Gasteiger partial charge < -0.3 is 14.8 Å². The lowest BCUT2D eigenvalue weighted by Gasteiger charge is -2.34. The quantitative estimate of drug-likeness (QED) is 0.415. The van der Waals surface area contributed by atoms with Gasteiger partial charge >= 0.3 is 0 Å². The van der Waals surface area contributed by atoms with Gasteiger partial charge in [0.1, 0.15) is 18.0 Å². The van der Waals surface area contributed by atoms with Crippen LogP contribution in [0.4, 0.5) is 0 Å². The third kappa shape index (κ3) is 4.12. The summed E-state index contributed by atoms with van der Waals surface area (Å²) in [6, 6.07) is 14.8. The average molecular weight is 413 g/mol. The zero-order valence-corrected chi connectivity index (χ0v) is 15.8. The topological polar surface area (TPSA) is 30.5 Å². The number of hydrogen-bond acceptors (Lipinski definition) is 3. The van der Waals surface area contributed by atoms with Crippen LogP contribution in [0.25, 0.3) is 10.8 Å². The number of benzene rings is 2. The van der Waals surface area contributed by atoms with E-state index in [1.54, 1.807) is 7.11 Å². The van der Waals surface area contributed by atoms with Crippen LogP contribution in [0, 0.1) is 0 Å². The van der Waals surface area contributed by atoms with Crippen LogP contribution < -0.4 is 10.1 Å². The lowest BCUT2D eigenvalue weighted by Crippen LogP contribution is -2.52. The second-order valence-electron chi connectivity index (χ2n) is 5.97. The molecule has 4 heteroatoms. The van der Waals surface area contributed by atoms with Crippen LogP contribution in [-0.4, -0.2) is 29.4 Å². The van der Waals surface area contributed by atoms with E-state index in [0.717, 1.165) is 11.1 Å². The van der Waals surface area contributed by atoms with Crippen LogP contribution in [0.2, 0.25) is 0 Å². The lowest BCUT2D eigenvalue weighted by atomic mass is 10.1. The standard InChI is InChI=1S/C18H24INO2/c1-13(2)20-17(19)18(3,21-4)12-22-16-11-7-9-14-8-5-6-10-15(14)16/h5-11,13,17,20H,12H2,1-4H3. The maximum atomic E-state index is 6.11. The van der Waals surface area contributed by atoms with Crippen LogP contribution >= 0.6 is 22.6 Å². The smallest absolute Gasteiger partial charge is 0.127 e. The summed E-state index contributed by atoms with van der Waals surface area (Å²) in [7, 11) is 1.74. The van der Waals surface area contributed by atoms with E-state index in [2.05, 4.69) is 66.9 Å². The van der Waals surface area contributed by atoms with E-state index < -0.39 is 5.60 Å². The van der Waals surface area contributed by atoms with Gasteiger partial charge in [-0.2, -0.15) is 0 Å². The molecule has 0 spiro atoms. The zero-order valence-electron chi connectivity index (χ0n) is 13.6. The van der Waals surface area contributed by atoms with E-state index in [9.17, 15) is 0 Å². The highest BCUT2D eigenvalue weighted by atomic mass is 127. The summed E-state index contributed by atoms with van der Waals surface area (Å²) in [6.07, 6.45) is 0. The minimum Gasteiger partial charge on any atom is -0.490 e. The van der Waals surface area contributed by atoms with Gasteiger partial charge in [-0.15, -0.1) is 0 Å². The molecule has 1 N–H and O–H groups in total. The van der Waals surface area contributed by atoms with Crippen molar-refractivity contribution in [1.29, 1.82) is 0 Å². The van der Waals surface area contributed by atoms with Crippen molar-refractivity contribution in [3.8, 4) is 5.75 Å². The van der Waals surface area contributed by atoms with Crippen LogP contribution in [0.1, 0.15) is 20.8 Å². The molecule has 0 radical (unpaired) electrons. The summed E-state index contributed by atoms with van der Waals surface area (Å²) in [4.78, 5) is 0. The predicted octanol–water partition coefficient (Wildman–Crippen LogP) is 4.38. The molecule has 0 aliphatic heterocycles. The number of hydrogen-bond donors (Lipinski definition) is 1. The zero-order chi connectivity index (χ0) is 16.2. The second-order valence-corrected chi connectivity index (χ2v) is 7.21. The van der Waals surface area contributed by atoms with Gasteiger partial charge in [0, 0.05) is 18.5 Å². The Labute approximate surface area is 146 Å². The SMILES string of the molecule is COC(C)(COc1cccc2ccccc12)C(I)NC(C)C. The van der Waals surface area contributed by atoms with Crippen molar-refractivity contribution in [1.82, 2.24) is 5.32 Å². The predicted molar refractivity (Wildman–Crippen MR) is 101 cm³/mol. The number of halogens is 1. The molecule has 2 unspecified atom stereocenters. The van der Waals surface area contributed by atoms with Gasteiger partial charge in [-0.1, -0.05) is 59.0 Å². The third-order valence-electron chi connectivity index (χ3n) is 3.75. The summed E-state index contributed by atoms with van der Waals surface area (Å²) in [5, 5.41) is 5.80. The molecule has 0 bridgehead atoms. The Morgan fingerprint density at radius 2 is 1.82 bits per heavy atom. The maximum absolute atomic E-state index is 6.11. The molecule has 0 fully saturated rings. The highest BCUT2D eigenvalue weighted by molar-refractivity contribution is 14.1. The third-order valence-corrected chi connectivity index (χ3v) is 5.42. The number of methoxy groups -OCH3 is 1. The van der Waals surface area contributed by atoms with Gasteiger partial charge in [0.05, 0.1) is 4.05 Å². The first-order valence-electron chi connectivity index (χ1n) is 7.52.